The molecular formula is C30H36F4N6O2. The Morgan fingerprint density at radius 1 is 1.17 bits per heavy atom. The number of nitrogens with one attached hydrogen (secondary N) is 2. The molecule has 2 fully saturated rings. The minimum absolute atomic E-state index is 0.157. The van der Waals surface area contributed by atoms with E-state index in [1.54, 1.807) is 18.5 Å². The van der Waals surface area contributed by atoms with Gasteiger partial charge in [0.2, 0.25) is 0 Å². The van der Waals surface area contributed by atoms with Gasteiger partial charge in [0.1, 0.15) is 30.1 Å². The van der Waals surface area contributed by atoms with Gasteiger partial charge in [-0.15, -0.1) is 10.2 Å². The second-order valence-electron chi connectivity index (χ2n) is 12.4. The molecule has 226 valence electrons. The first kappa shape index (κ1) is 29.9. The summed E-state index contributed by atoms with van der Waals surface area (Å²) < 4.78 is 57.2. The second kappa shape index (κ2) is 11.3. The molecule has 1 aromatic carbocycles. The van der Waals surface area contributed by atoms with Crippen LogP contribution in [0.4, 0.5) is 23.2 Å². The van der Waals surface area contributed by atoms with E-state index in [0.717, 1.165) is 56.1 Å². The van der Waals surface area contributed by atoms with E-state index >= 15 is 4.39 Å². The number of aromatic nitrogens is 4. The van der Waals surface area contributed by atoms with Gasteiger partial charge >= 0.3 is 6.18 Å². The molecule has 0 bridgehead atoms. The normalized spacial score (nSPS) is 17.2. The Morgan fingerprint density at radius 3 is 2.50 bits per heavy atom. The van der Waals surface area contributed by atoms with Crippen LogP contribution in [0.25, 0.3) is 0 Å². The molecule has 1 spiro atoms. The van der Waals surface area contributed by atoms with Crippen LogP contribution >= 0.6 is 0 Å². The van der Waals surface area contributed by atoms with Crippen molar-refractivity contribution in [3.05, 3.63) is 75.5 Å². The average Bonchev–Trinajstić information content (AvgIpc) is 3.29. The number of hydrogen-bond acceptors (Lipinski definition) is 5. The molecule has 8 nitrogen and oxygen atoms in total. The zero-order valence-electron chi connectivity index (χ0n) is 24.0. The first-order valence-corrected chi connectivity index (χ1v) is 14.3. The topological polar surface area (TPSA) is 93.8 Å². The zero-order chi connectivity index (χ0) is 30.3. The van der Waals surface area contributed by atoms with Crippen LogP contribution in [-0.4, -0.2) is 38.0 Å². The van der Waals surface area contributed by atoms with Gasteiger partial charge in [-0.2, -0.15) is 13.2 Å². The molecule has 5 rings (SSSR count). The predicted octanol–water partition coefficient (Wildman–Crippen LogP) is 5.32. The van der Waals surface area contributed by atoms with Crippen molar-refractivity contribution >= 4 is 11.6 Å². The number of alkyl halides is 3. The van der Waals surface area contributed by atoms with Crippen LogP contribution < -0.4 is 16.2 Å². The van der Waals surface area contributed by atoms with Crippen molar-refractivity contribution in [3.8, 4) is 0 Å². The maximum absolute atomic E-state index is 15.1. The van der Waals surface area contributed by atoms with Crippen molar-refractivity contribution in [2.45, 2.75) is 77.1 Å². The fraction of sp³-hybridized carbons (Fsp3) is 0.533. The lowest BCUT2D eigenvalue weighted by Gasteiger charge is -2.60. The van der Waals surface area contributed by atoms with Crippen LogP contribution in [-0.2, 0) is 25.6 Å². The van der Waals surface area contributed by atoms with Crippen LogP contribution in [0, 0.1) is 17.2 Å². The summed E-state index contributed by atoms with van der Waals surface area (Å²) in [6.07, 6.45) is 3.93. The molecule has 1 amide bonds. The van der Waals surface area contributed by atoms with Crippen molar-refractivity contribution in [2.24, 2.45) is 18.4 Å². The minimum Gasteiger partial charge on any atom is -0.320 e. The van der Waals surface area contributed by atoms with Crippen LogP contribution in [0.1, 0.15) is 79.7 Å². The Balaban J connectivity index is 1.44. The number of halogens is 4. The Hall–Kier alpha value is -3.54. The molecule has 0 saturated heterocycles. The molecule has 0 atom stereocenters. The molecule has 42 heavy (non-hydrogen) atoms. The number of carbonyl (C=O) groups is 1. The number of amides is 1. The fourth-order valence-electron chi connectivity index (χ4n) is 6.47. The molecule has 0 unspecified atom stereocenters. The van der Waals surface area contributed by atoms with E-state index in [9.17, 15) is 22.8 Å². The largest absolute Gasteiger partial charge is 0.406 e. The third kappa shape index (κ3) is 5.99. The van der Waals surface area contributed by atoms with Crippen molar-refractivity contribution in [1.82, 2.24) is 24.6 Å². The maximum Gasteiger partial charge on any atom is 0.406 e. The Bertz CT molecular complexity index is 1510. The van der Waals surface area contributed by atoms with Gasteiger partial charge in [-0.05, 0) is 79.3 Å². The van der Waals surface area contributed by atoms with Gasteiger partial charge in [0.25, 0.3) is 11.5 Å². The smallest absolute Gasteiger partial charge is 0.320 e. The zero-order valence-corrected chi connectivity index (χ0v) is 24.0. The average molecular weight is 589 g/mol. The lowest BCUT2D eigenvalue weighted by molar-refractivity contribution is -0.141. The number of hydrogen-bond donors (Lipinski definition) is 2. The highest BCUT2D eigenvalue weighted by Gasteiger charge is 2.60. The highest BCUT2D eigenvalue weighted by Crippen LogP contribution is 2.66. The van der Waals surface area contributed by atoms with E-state index < -0.39 is 41.0 Å². The van der Waals surface area contributed by atoms with E-state index in [2.05, 4.69) is 20.8 Å². The van der Waals surface area contributed by atoms with Gasteiger partial charge in [-0.1, -0.05) is 26.3 Å². The van der Waals surface area contributed by atoms with Crippen LogP contribution in [0.5, 0.6) is 0 Å². The number of carbonyl (C=O) groups excluding carboxylic acids is 1. The van der Waals surface area contributed by atoms with Crippen molar-refractivity contribution < 1.29 is 22.4 Å². The molecule has 12 heteroatoms. The summed E-state index contributed by atoms with van der Waals surface area (Å²) in [7, 11) is 1.85. The van der Waals surface area contributed by atoms with Gasteiger partial charge in [0.05, 0.1) is 11.1 Å². The lowest BCUT2D eigenvalue weighted by atomic mass is 9.43. The van der Waals surface area contributed by atoms with Crippen LogP contribution in [0.3, 0.4) is 0 Å². The number of aryl methyl sites for hydroxylation is 1. The SMILES string of the molecule is CC(C)CCNCc1cc(C(=O)Nc2cc(C3(c4nncn4C)CC4(CCC4)C3)ccc2F)c(=O)n(CC(F)(F)F)c1. The standard InChI is InChI=1S/C30H36F4N6O2/c1-19(2)7-10-35-13-20-11-22(26(42)40(14-20)17-30(32,33)34)25(41)37-24-12-21(5-6-23(24)31)29(27-38-36-18-39(27)3)15-28(16-29)8-4-9-28/h5-6,11-12,14,18-19,35H,4,7-10,13,15-17H2,1-3H3,(H,37,41). The van der Waals surface area contributed by atoms with E-state index in [4.69, 9.17) is 0 Å². The first-order chi connectivity index (χ1) is 19.8. The second-order valence-corrected chi connectivity index (χ2v) is 12.4. The van der Waals surface area contributed by atoms with Crippen molar-refractivity contribution in [1.29, 1.82) is 0 Å². The molecule has 2 saturated carbocycles. The van der Waals surface area contributed by atoms with E-state index in [1.165, 1.54) is 12.1 Å². The van der Waals surface area contributed by atoms with Gasteiger partial charge in [0, 0.05) is 19.8 Å². The summed E-state index contributed by atoms with van der Waals surface area (Å²) in [6, 6.07) is 5.73. The van der Waals surface area contributed by atoms with Crippen molar-refractivity contribution in [3.63, 3.8) is 0 Å². The van der Waals surface area contributed by atoms with Gasteiger partial charge in [0.15, 0.2) is 0 Å². The third-order valence-electron chi connectivity index (χ3n) is 8.64. The monoisotopic (exact) mass is 588 g/mol. The molecule has 2 heterocycles. The summed E-state index contributed by atoms with van der Waals surface area (Å²) in [5.74, 6) is -0.528. The maximum atomic E-state index is 15.1. The third-order valence-corrected chi connectivity index (χ3v) is 8.64. The van der Waals surface area contributed by atoms with Gasteiger partial charge in [-0.3, -0.25) is 9.59 Å². The predicted molar refractivity (Wildman–Crippen MR) is 150 cm³/mol. The number of rotatable bonds is 10. The molecule has 0 aliphatic heterocycles. The van der Waals surface area contributed by atoms with Gasteiger partial charge in [-0.25, -0.2) is 4.39 Å². The highest BCUT2D eigenvalue weighted by atomic mass is 19.4. The molecule has 2 aliphatic rings. The summed E-state index contributed by atoms with van der Waals surface area (Å²) in [4.78, 5) is 26.3. The fourth-order valence-corrected chi connectivity index (χ4v) is 6.47. The summed E-state index contributed by atoms with van der Waals surface area (Å²) >= 11 is 0. The summed E-state index contributed by atoms with van der Waals surface area (Å²) in [5, 5.41) is 14.0. The van der Waals surface area contributed by atoms with Gasteiger partial charge < -0.3 is 19.8 Å². The molecule has 0 radical (unpaired) electrons. The Kier molecular flexibility index (Phi) is 8.04. The molecule has 2 aromatic heterocycles. The molecule has 2 aliphatic carbocycles. The minimum atomic E-state index is -4.67. The number of pyridine rings is 1. The van der Waals surface area contributed by atoms with E-state index in [0.29, 0.717) is 22.6 Å². The highest BCUT2D eigenvalue weighted by molar-refractivity contribution is 6.04. The molecule has 2 N–H and O–H groups in total. The summed E-state index contributed by atoms with van der Waals surface area (Å²) in [5.41, 5.74) is -0.956. The number of anilines is 1. The summed E-state index contributed by atoms with van der Waals surface area (Å²) in [6.45, 7) is 3.33. The first-order valence-electron chi connectivity index (χ1n) is 14.3. The van der Waals surface area contributed by atoms with E-state index in [-0.39, 0.29) is 17.6 Å². The quantitative estimate of drug-likeness (QED) is 0.247. The van der Waals surface area contributed by atoms with Crippen LogP contribution in [0.15, 0.2) is 41.6 Å². The number of benzene rings is 1. The van der Waals surface area contributed by atoms with Crippen LogP contribution in [0.2, 0.25) is 0 Å². The molecule has 3 aromatic rings. The Morgan fingerprint density at radius 2 is 1.90 bits per heavy atom. The number of nitrogens with zero attached hydrogens (tertiary/aromatic N) is 4. The van der Waals surface area contributed by atoms with Crippen molar-refractivity contribution in [2.75, 3.05) is 11.9 Å². The molecular weight excluding hydrogens is 552 g/mol. The van der Waals surface area contributed by atoms with E-state index in [1.807, 2.05) is 25.5 Å². The Labute approximate surface area is 241 Å². The lowest BCUT2D eigenvalue weighted by Crippen LogP contribution is -2.54.